The molecule has 7 nitrogen and oxygen atoms in total. The largest absolute Gasteiger partial charge is 0.481 e. The van der Waals surface area contributed by atoms with Gasteiger partial charge in [-0.3, -0.25) is 9.59 Å². The second-order valence-electron chi connectivity index (χ2n) is 5.16. The molecule has 4 N–H and O–H groups in total. The first kappa shape index (κ1) is 16.2. The lowest BCUT2D eigenvalue weighted by molar-refractivity contribution is -0.142. The number of hydrogen-bond donors (Lipinski definition) is 3. The van der Waals surface area contributed by atoms with Crippen molar-refractivity contribution in [2.75, 3.05) is 13.1 Å². The van der Waals surface area contributed by atoms with Gasteiger partial charge in [-0.15, -0.1) is 0 Å². The Morgan fingerprint density at radius 3 is 2.75 bits per heavy atom. The summed E-state index contributed by atoms with van der Waals surface area (Å²) in [6, 6.07) is 0. The molecule has 0 radical (unpaired) electrons. The number of nitrogens with two attached hydrogens (primary N) is 1. The van der Waals surface area contributed by atoms with Gasteiger partial charge >= 0.3 is 5.97 Å². The van der Waals surface area contributed by atoms with Crippen molar-refractivity contribution in [1.29, 1.82) is 0 Å². The molecular weight excluding hydrogens is 260 g/mol. The lowest BCUT2D eigenvalue weighted by Crippen LogP contribution is -2.33. The number of nitrogens with one attached hydrogen (secondary N) is 1. The Morgan fingerprint density at radius 2 is 2.20 bits per heavy atom. The van der Waals surface area contributed by atoms with Crippen LogP contribution in [0.4, 0.5) is 0 Å². The van der Waals surface area contributed by atoms with Crippen LogP contribution < -0.4 is 11.1 Å². The van der Waals surface area contributed by atoms with Gasteiger partial charge in [-0.2, -0.15) is 0 Å². The average molecular weight is 282 g/mol. The summed E-state index contributed by atoms with van der Waals surface area (Å²) in [4.78, 5) is 26.9. The molecule has 0 aliphatic heterocycles. The molecular formula is C13H22N4O3. The molecule has 0 spiro atoms. The van der Waals surface area contributed by atoms with Crippen LogP contribution in [0, 0.1) is 11.8 Å². The molecule has 1 unspecified atom stereocenters. The number of carbonyl (C=O) groups excluding carboxylic acids is 1. The summed E-state index contributed by atoms with van der Waals surface area (Å²) in [7, 11) is 0. The number of carbonyl (C=O) groups is 2. The van der Waals surface area contributed by atoms with Gasteiger partial charge in [-0.05, 0) is 12.3 Å². The van der Waals surface area contributed by atoms with Crippen molar-refractivity contribution in [2.45, 2.75) is 26.8 Å². The number of nitrogens with zero attached hydrogens (tertiary/aromatic N) is 2. The predicted molar refractivity (Wildman–Crippen MR) is 74.2 cm³/mol. The maximum absolute atomic E-state index is 11.9. The molecule has 0 aliphatic carbocycles. The second-order valence-corrected chi connectivity index (χ2v) is 5.16. The quantitative estimate of drug-likeness (QED) is 0.636. The fourth-order valence-corrected chi connectivity index (χ4v) is 1.90. The Hall–Kier alpha value is -1.89. The third kappa shape index (κ3) is 5.00. The fourth-order valence-electron chi connectivity index (χ4n) is 1.90. The maximum atomic E-state index is 11.9. The van der Waals surface area contributed by atoms with E-state index >= 15 is 0 Å². The number of hydrogen-bond acceptors (Lipinski definition) is 4. The van der Waals surface area contributed by atoms with Crippen LogP contribution in [-0.4, -0.2) is 39.6 Å². The van der Waals surface area contributed by atoms with Crippen LogP contribution in [0.1, 0.15) is 30.8 Å². The van der Waals surface area contributed by atoms with Crippen LogP contribution in [0.15, 0.2) is 12.5 Å². The Bertz CT molecular complexity index is 456. The Balaban J connectivity index is 2.53. The number of rotatable bonds is 8. The molecule has 0 fully saturated rings. The van der Waals surface area contributed by atoms with Gasteiger partial charge in [-0.1, -0.05) is 13.8 Å². The van der Waals surface area contributed by atoms with E-state index in [1.54, 1.807) is 10.8 Å². The van der Waals surface area contributed by atoms with E-state index in [9.17, 15) is 9.59 Å². The zero-order valence-electron chi connectivity index (χ0n) is 11.9. The van der Waals surface area contributed by atoms with Gasteiger partial charge < -0.3 is 20.7 Å². The summed E-state index contributed by atoms with van der Waals surface area (Å²) >= 11 is 0. The summed E-state index contributed by atoms with van der Waals surface area (Å²) in [5.74, 6) is -1.58. The van der Waals surface area contributed by atoms with Gasteiger partial charge in [0.15, 0.2) is 0 Å². The van der Waals surface area contributed by atoms with Gasteiger partial charge in [0.05, 0.1) is 12.2 Å². The molecule has 1 aromatic rings. The van der Waals surface area contributed by atoms with Crippen molar-refractivity contribution >= 4 is 11.9 Å². The number of carboxylic acids is 1. The third-order valence-corrected chi connectivity index (χ3v) is 2.87. The molecule has 1 amide bonds. The number of carboxylic acid groups (broad SMARTS) is 1. The van der Waals surface area contributed by atoms with E-state index in [0.29, 0.717) is 19.5 Å². The molecule has 1 rings (SSSR count). The summed E-state index contributed by atoms with van der Waals surface area (Å²) < 4.78 is 1.72. The molecule has 0 saturated carbocycles. The highest BCUT2D eigenvalue weighted by Gasteiger charge is 2.20. The first-order valence-corrected chi connectivity index (χ1v) is 6.66. The molecule has 112 valence electrons. The molecule has 0 aliphatic rings. The van der Waals surface area contributed by atoms with Gasteiger partial charge in [0.1, 0.15) is 5.69 Å². The molecule has 1 atom stereocenters. The number of aromatic nitrogens is 2. The summed E-state index contributed by atoms with van der Waals surface area (Å²) in [5.41, 5.74) is 5.68. The van der Waals surface area contributed by atoms with E-state index in [2.05, 4.69) is 10.3 Å². The number of aliphatic carboxylic acids is 1. The molecule has 20 heavy (non-hydrogen) atoms. The standard InChI is InChI=1S/C13H22N4O3/c1-9(2)5-10(13(19)20)6-15-12(18)11-7-17(4-3-14)8-16-11/h7-10H,3-6,14H2,1-2H3,(H,15,18)(H,19,20). The van der Waals surface area contributed by atoms with Crippen molar-refractivity contribution in [1.82, 2.24) is 14.9 Å². The van der Waals surface area contributed by atoms with E-state index in [1.165, 1.54) is 6.33 Å². The number of imidazole rings is 1. The normalized spacial score (nSPS) is 12.4. The zero-order chi connectivity index (χ0) is 15.1. The lowest BCUT2D eigenvalue weighted by atomic mass is 9.97. The van der Waals surface area contributed by atoms with Crippen LogP contribution in [0.3, 0.4) is 0 Å². The maximum Gasteiger partial charge on any atom is 0.308 e. The third-order valence-electron chi connectivity index (χ3n) is 2.87. The van der Waals surface area contributed by atoms with Crippen molar-refractivity contribution in [3.63, 3.8) is 0 Å². The Morgan fingerprint density at radius 1 is 1.50 bits per heavy atom. The van der Waals surface area contributed by atoms with Gasteiger partial charge in [-0.25, -0.2) is 4.98 Å². The predicted octanol–water partition coefficient (Wildman–Crippen LogP) is 0.319. The first-order chi connectivity index (χ1) is 9.43. The average Bonchev–Trinajstić information content (AvgIpc) is 2.82. The SMILES string of the molecule is CC(C)CC(CNC(=O)c1cn(CCN)cn1)C(=O)O. The van der Waals surface area contributed by atoms with Crippen molar-refractivity contribution in [3.05, 3.63) is 18.2 Å². The molecule has 0 aromatic carbocycles. The van der Waals surface area contributed by atoms with Crippen molar-refractivity contribution in [2.24, 2.45) is 17.6 Å². The van der Waals surface area contributed by atoms with Crippen LogP contribution >= 0.6 is 0 Å². The summed E-state index contributed by atoms with van der Waals surface area (Å²) in [6.07, 6.45) is 3.65. The minimum Gasteiger partial charge on any atom is -0.481 e. The van der Waals surface area contributed by atoms with E-state index < -0.39 is 11.9 Å². The number of amides is 1. The lowest BCUT2D eigenvalue weighted by Gasteiger charge is -2.14. The van der Waals surface area contributed by atoms with Gasteiger partial charge in [0, 0.05) is 25.8 Å². The van der Waals surface area contributed by atoms with Gasteiger partial charge in [0.25, 0.3) is 5.91 Å². The van der Waals surface area contributed by atoms with E-state index in [-0.39, 0.29) is 24.1 Å². The smallest absolute Gasteiger partial charge is 0.308 e. The van der Waals surface area contributed by atoms with E-state index in [1.807, 2.05) is 13.8 Å². The van der Waals surface area contributed by atoms with E-state index in [0.717, 1.165) is 0 Å². The zero-order valence-corrected chi connectivity index (χ0v) is 11.9. The highest BCUT2D eigenvalue weighted by atomic mass is 16.4. The van der Waals surface area contributed by atoms with Crippen molar-refractivity contribution < 1.29 is 14.7 Å². The molecule has 1 aromatic heterocycles. The highest BCUT2D eigenvalue weighted by Crippen LogP contribution is 2.11. The van der Waals surface area contributed by atoms with Crippen LogP contribution in [-0.2, 0) is 11.3 Å². The monoisotopic (exact) mass is 282 g/mol. The molecule has 0 bridgehead atoms. The summed E-state index contributed by atoms with van der Waals surface area (Å²) in [6.45, 7) is 5.06. The van der Waals surface area contributed by atoms with Crippen molar-refractivity contribution in [3.8, 4) is 0 Å². The Kier molecular flexibility index (Phi) is 6.17. The second kappa shape index (κ2) is 7.64. The first-order valence-electron chi connectivity index (χ1n) is 6.66. The van der Waals surface area contributed by atoms with Crippen LogP contribution in [0.5, 0.6) is 0 Å². The molecule has 1 heterocycles. The summed E-state index contributed by atoms with van der Waals surface area (Å²) in [5, 5.41) is 11.7. The van der Waals surface area contributed by atoms with Crippen LogP contribution in [0.25, 0.3) is 0 Å². The van der Waals surface area contributed by atoms with Crippen LogP contribution in [0.2, 0.25) is 0 Å². The minimum atomic E-state index is -0.896. The minimum absolute atomic E-state index is 0.107. The Labute approximate surface area is 118 Å². The topological polar surface area (TPSA) is 110 Å². The molecule has 0 saturated heterocycles. The molecule has 7 heteroatoms. The fraction of sp³-hybridized carbons (Fsp3) is 0.615. The van der Waals surface area contributed by atoms with Gasteiger partial charge in [0.2, 0.25) is 0 Å². The highest BCUT2D eigenvalue weighted by molar-refractivity contribution is 5.92. The van der Waals surface area contributed by atoms with E-state index in [4.69, 9.17) is 10.8 Å².